The fourth-order valence-electron chi connectivity index (χ4n) is 4.65. The molecule has 1 atom stereocenters. The molecule has 0 aromatic heterocycles. The Morgan fingerprint density at radius 2 is 1.69 bits per heavy atom. The monoisotopic (exact) mass is 525 g/mol. The van der Waals surface area contributed by atoms with Crippen molar-refractivity contribution in [3.05, 3.63) is 59.1 Å². The number of likely N-dealkylation sites (tertiary alicyclic amines) is 1. The van der Waals surface area contributed by atoms with Crippen molar-refractivity contribution < 1.29 is 14.4 Å². The maximum absolute atomic E-state index is 13.0. The number of carbonyl (C=O) groups is 3. The van der Waals surface area contributed by atoms with Crippen molar-refractivity contribution >= 4 is 57.6 Å². The van der Waals surface area contributed by atoms with Crippen LogP contribution in [-0.4, -0.2) is 77.2 Å². The van der Waals surface area contributed by atoms with Crippen LogP contribution in [0.3, 0.4) is 0 Å². The number of carbonyl (C=O) groups excluding carboxylic acids is 3. The van der Waals surface area contributed by atoms with Crippen LogP contribution in [0, 0.1) is 0 Å². The molecule has 2 saturated heterocycles. The Bertz CT molecular complexity index is 1170. The van der Waals surface area contributed by atoms with E-state index >= 15 is 0 Å². The van der Waals surface area contributed by atoms with Gasteiger partial charge in [0.05, 0.1) is 0 Å². The molecule has 1 N–H and O–H groups in total. The van der Waals surface area contributed by atoms with Gasteiger partial charge in [-0.25, -0.2) is 0 Å². The van der Waals surface area contributed by atoms with Gasteiger partial charge in [-0.15, -0.1) is 0 Å². The van der Waals surface area contributed by atoms with Crippen LogP contribution < -0.4 is 10.2 Å². The van der Waals surface area contributed by atoms with Gasteiger partial charge in [0, 0.05) is 67.7 Å². The average Bonchev–Trinajstić information content (AvgIpc) is 3.54. The number of thioether (sulfide) groups is 1. The number of nitrogens with one attached hydrogen (secondary N) is 1. The molecule has 3 aliphatic heterocycles. The van der Waals surface area contributed by atoms with Crippen LogP contribution in [0.2, 0.25) is 5.02 Å². The maximum Gasteiger partial charge on any atom is 0.262 e. The number of piperazine rings is 1. The van der Waals surface area contributed by atoms with Gasteiger partial charge in [0.2, 0.25) is 5.91 Å². The van der Waals surface area contributed by atoms with E-state index in [4.69, 9.17) is 11.6 Å². The lowest BCUT2D eigenvalue weighted by molar-refractivity contribution is -0.121. The van der Waals surface area contributed by atoms with Gasteiger partial charge in [-0.3, -0.25) is 14.4 Å². The van der Waals surface area contributed by atoms with Gasteiger partial charge in [0.1, 0.15) is 5.25 Å². The number of anilines is 2. The lowest BCUT2D eigenvalue weighted by Gasteiger charge is -2.36. The third kappa shape index (κ3) is 5.68. The van der Waals surface area contributed by atoms with Crippen LogP contribution in [0.25, 0.3) is 0 Å². The lowest BCUT2D eigenvalue weighted by Crippen LogP contribution is -2.48. The highest BCUT2D eigenvalue weighted by atomic mass is 35.5. The van der Waals surface area contributed by atoms with E-state index in [1.807, 2.05) is 29.2 Å². The van der Waals surface area contributed by atoms with E-state index in [0.29, 0.717) is 29.4 Å². The van der Waals surface area contributed by atoms with Crippen molar-refractivity contribution in [2.45, 2.75) is 24.5 Å². The third-order valence-corrected chi connectivity index (χ3v) is 8.08. The topological polar surface area (TPSA) is 85.3 Å². The quantitative estimate of drug-likeness (QED) is 0.640. The minimum atomic E-state index is -0.480. The maximum atomic E-state index is 13.0. The molecule has 2 aromatic rings. The summed E-state index contributed by atoms with van der Waals surface area (Å²) < 4.78 is 0. The molecule has 2 fully saturated rings. The first-order chi connectivity index (χ1) is 17.5. The number of benzene rings is 2. The van der Waals surface area contributed by atoms with Crippen LogP contribution in [0.4, 0.5) is 11.4 Å². The van der Waals surface area contributed by atoms with Crippen LogP contribution >= 0.6 is 23.4 Å². The minimum Gasteiger partial charge on any atom is -0.368 e. The van der Waals surface area contributed by atoms with Crippen molar-refractivity contribution in [1.82, 2.24) is 9.80 Å². The van der Waals surface area contributed by atoms with Crippen molar-refractivity contribution in [2.75, 3.05) is 49.5 Å². The van der Waals surface area contributed by atoms with E-state index in [1.165, 1.54) is 11.8 Å². The number of hydrogen-bond acceptors (Lipinski definition) is 6. The molecule has 0 aliphatic carbocycles. The Morgan fingerprint density at radius 3 is 2.39 bits per heavy atom. The molecule has 0 bridgehead atoms. The number of aliphatic imine (C=N–C) groups is 1. The Labute approximate surface area is 219 Å². The van der Waals surface area contributed by atoms with Gasteiger partial charge in [-0.1, -0.05) is 29.4 Å². The van der Waals surface area contributed by atoms with Crippen LogP contribution in [0.15, 0.2) is 53.5 Å². The Kier molecular flexibility index (Phi) is 7.48. The number of nitrogens with zero attached hydrogens (tertiary/aromatic N) is 4. The number of hydrogen-bond donors (Lipinski definition) is 1. The smallest absolute Gasteiger partial charge is 0.262 e. The van der Waals surface area contributed by atoms with Crippen molar-refractivity contribution in [1.29, 1.82) is 0 Å². The van der Waals surface area contributed by atoms with Crippen LogP contribution in [0.5, 0.6) is 0 Å². The molecule has 0 spiro atoms. The zero-order valence-corrected chi connectivity index (χ0v) is 21.4. The molecule has 0 radical (unpaired) electrons. The molecule has 0 unspecified atom stereocenters. The molecule has 3 amide bonds. The highest BCUT2D eigenvalue weighted by Gasteiger charge is 2.33. The van der Waals surface area contributed by atoms with Crippen LogP contribution in [0.1, 0.15) is 29.6 Å². The van der Waals surface area contributed by atoms with Gasteiger partial charge in [0.15, 0.2) is 5.17 Å². The summed E-state index contributed by atoms with van der Waals surface area (Å²) in [7, 11) is 0. The first-order valence-electron chi connectivity index (χ1n) is 12.2. The first-order valence-corrected chi connectivity index (χ1v) is 13.5. The van der Waals surface area contributed by atoms with Crippen molar-refractivity contribution in [3.8, 4) is 0 Å². The summed E-state index contributed by atoms with van der Waals surface area (Å²) in [4.78, 5) is 48.1. The highest BCUT2D eigenvalue weighted by Crippen LogP contribution is 2.29. The minimum absolute atomic E-state index is 0.0295. The molecule has 5 rings (SSSR count). The molecule has 3 heterocycles. The second kappa shape index (κ2) is 10.9. The lowest BCUT2D eigenvalue weighted by atomic mass is 10.1. The SMILES string of the molecule is O=C(C[C@@H]1SC(N2CCCC2)=NC1=O)Nc1ccc(C(=O)N2CCN(c3cccc(Cl)c3)CC2)cc1. The summed E-state index contributed by atoms with van der Waals surface area (Å²) in [6, 6.07) is 14.6. The summed E-state index contributed by atoms with van der Waals surface area (Å²) in [5.74, 6) is -0.512. The third-order valence-electron chi connectivity index (χ3n) is 6.63. The van der Waals surface area contributed by atoms with E-state index < -0.39 is 5.25 Å². The van der Waals surface area contributed by atoms with Gasteiger partial charge >= 0.3 is 0 Å². The number of amides is 3. The molecular formula is C26H28ClN5O3S. The summed E-state index contributed by atoms with van der Waals surface area (Å²) in [6.45, 7) is 4.56. The van der Waals surface area contributed by atoms with E-state index in [0.717, 1.165) is 49.9 Å². The predicted molar refractivity (Wildman–Crippen MR) is 144 cm³/mol. The molecule has 0 saturated carbocycles. The fraction of sp³-hybridized carbons (Fsp3) is 0.385. The predicted octanol–water partition coefficient (Wildman–Crippen LogP) is 3.72. The molecule has 36 heavy (non-hydrogen) atoms. The van der Waals surface area contributed by atoms with Gasteiger partial charge in [0.25, 0.3) is 11.8 Å². The Hall–Kier alpha value is -3.04. The Balaban J connectivity index is 1.10. The highest BCUT2D eigenvalue weighted by molar-refractivity contribution is 8.15. The summed E-state index contributed by atoms with van der Waals surface area (Å²) in [5, 5.41) is 3.80. The second-order valence-corrected chi connectivity index (χ2v) is 10.7. The first kappa shape index (κ1) is 24.6. The molecule has 8 nitrogen and oxygen atoms in total. The number of rotatable bonds is 5. The van der Waals surface area contributed by atoms with Gasteiger partial charge in [-0.2, -0.15) is 4.99 Å². The molecule has 2 aromatic carbocycles. The summed E-state index contributed by atoms with van der Waals surface area (Å²) >= 11 is 7.49. The fourth-order valence-corrected chi connectivity index (χ4v) is 5.95. The van der Waals surface area contributed by atoms with E-state index in [-0.39, 0.29) is 24.1 Å². The van der Waals surface area contributed by atoms with Crippen molar-refractivity contribution in [2.24, 2.45) is 4.99 Å². The van der Waals surface area contributed by atoms with E-state index in [1.54, 1.807) is 24.3 Å². The molecule has 3 aliphatic rings. The summed E-state index contributed by atoms with van der Waals surface area (Å²) in [5.41, 5.74) is 2.24. The Morgan fingerprint density at radius 1 is 0.972 bits per heavy atom. The van der Waals surface area contributed by atoms with Gasteiger partial charge in [-0.05, 0) is 55.3 Å². The average molecular weight is 526 g/mol. The number of halogens is 1. The van der Waals surface area contributed by atoms with Crippen LogP contribution in [-0.2, 0) is 9.59 Å². The molecule has 188 valence electrons. The largest absolute Gasteiger partial charge is 0.368 e. The standard InChI is InChI=1S/C26H28ClN5O3S/c27-19-4-3-5-21(16-19)30-12-14-31(15-13-30)25(35)18-6-8-20(9-7-18)28-23(33)17-22-24(34)29-26(36-22)32-10-1-2-11-32/h3-9,16,22H,1-2,10-15,17H2,(H,28,33)/t22-/m0/s1. The zero-order valence-electron chi connectivity index (χ0n) is 19.9. The normalized spacial score (nSPS) is 20.0. The van der Waals surface area contributed by atoms with E-state index in [2.05, 4.69) is 20.1 Å². The van der Waals surface area contributed by atoms with E-state index in [9.17, 15) is 14.4 Å². The second-order valence-electron chi connectivity index (χ2n) is 9.12. The molecular weight excluding hydrogens is 498 g/mol. The number of amidine groups is 1. The van der Waals surface area contributed by atoms with Gasteiger partial charge < -0.3 is 20.0 Å². The van der Waals surface area contributed by atoms with Crippen molar-refractivity contribution in [3.63, 3.8) is 0 Å². The summed E-state index contributed by atoms with van der Waals surface area (Å²) in [6.07, 6.45) is 2.29. The zero-order chi connectivity index (χ0) is 25.1. The molecule has 10 heteroatoms.